The molecule has 0 aliphatic heterocycles. The van der Waals surface area contributed by atoms with Crippen molar-refractivity contribution in [3.63, 3.8) is 0 Å². The minimum Gasteiger partial charge on any atom is -0.387 e. The van der Waals surface area contributed by atoms with E-state index in [1.807, 2.05) is 30.3 Å². The van der Waals surface area contributed by atoms with E-state index in [9.17, 15) is 18.3 Å². The van der Waals surface area contributed by atoms with E-state index in [2.05, 4.69) is 10.0 Å². The van der Waals surface area contributed by atoms with Gasteiger partial charge in [-0.05, 0) is 61.4 Å². The number of nitrogens with one attached hydrogen (secondary N) is 2. The van der Waals surface area contributed by atoms with Crippen LogP contribution in [-0.2, 0) is 14.8 Å². The lowest BCUT2D eigenvalue weighted by Crippen LogP contribution is -2.37. The summed E-state index contributed by atoms with van der Waals surface area (Å²) in [5, 5.41) is 13.5. The van der Waals surface area contributed by atoms with Crippen molar-refractivity contribution in [3.05, 3.63) is 65.2 Å². The van der Waals surface area contributed by atoms with Gasteiger partial charge >= 0.3 is 0 Å². The lowest BCUT2D eigenvalue weighted by molar-refractivity contribution is -0.126. The number of hydrogen-bond acceptors (Lipinski definition) is 4. The van der Waals surface area contributed by atoms with E-state index in [-0.39, 0.29) is 29.2 Å². The van der Waals surface area contributed by atoms with Gasteiger partial charge in [-0.3, -0.25) is 4.79 Å². The van der Waals surface area contributed by atoms with Crippen LogP contribution in [-0.4, -0.2) is 32.5 Å². The molecule has 3 rings (SSSR count). The second-order valence-corrected chi connectivity index (χ2v) is 9.90. The second kappa shape index (κ2) is 10.4. The molecule has 2 aromatic carbocycles. The first-order valence-electron chi connectivity index (χ1n) is 10.1. The van der Waals surface area contributed by atoms with Crippen LogP contribution in [0.1, 0.15) is 37.4 Å². The fraction of sp³-hybridized carbons (Fsp3) is 0.409. The highest BCUT2D eigenvalue weighted by Gasteiger charge is 2.27. The Balaban J connectivity index is 1.41. The number of benzene rings is 2. The summed E-state index contributed by atoms with van der Waals surface area (Å²) in [4.78, 5) is 12.6. The van der Waals surface area contributed by atoms with Gasteiger partial charge in [0.05, 0.1) is 11.0 Å². The highest BCUT2D eigenvalue weighted by molar-refractivity contribution is 7.89. The summed E-state index contributed by atoms with van der Waals surface area (Å²) in [7, 11) is -3.57. The number of carbonyl (C=O) groups is 1. The third-order valence-corrected chi connectivity index (χ3v) is 7.25. The lowest BCUT2D eigenvalue weighted by Gasteiger charge is -2.28. The van der Waals surface area contributed by atoms with Crippen LogP contribution in [0.15, 0.2) is 59.5 Å². The normalized spacial score (nSPS) is 20.5. The molecule has 1 aliphatic rings. The Morgan fingerprint density at radius 2 is 1.67 bits per heavy atom. The topological polar surface area (TPSA) is 95.5 Å². The lowest BCUT2D eigenvalue weighted by atomic mass is 9.81. The molecule has 1 saturated carbocycles. The zero-order chi connectivity index (χ0) is 21.6. The minimum atomic E-state index is -3.57. The standard InChI is InChI=1S/C22H27ClN2O4S/c23-19-10-12-20(13-11-19)30(28,29)25-14-16-6-8-18(9-7-16)22(27)24-15-21(26)17-4-2-1-3-5-17/h1-5,10-13,16,18,21,25-26H,6-9,14-15H2,(H,24,27)/t16?,18?,21-/m0/s1. The van der Waals surface area contributed by atoms with E-state index in [4.69, 9.17) is 11.6 Å². The third kappa shape index (κ3) is 6.28. The second-order valence-electron chi connectivity index (χ2n) is 7.70. The van der Waals surface area contributed by atoms with Crippen molar-refractivity contribution >= 4 is 27.5 Å². The van der Waals surface area contributed by atoms with Crippen molar-refractivity contribution < 1.29 is 18.3 Å². The highest BCUT2D eigenvalue weighted by Crippen LogP contribution is 2.29. The number of carbonyl (C=O) groups excluding carboxylic acids is 1. The molecule has 1 aliphatic carbocycles. The molecule has 0 spiro atoms. The summed E-state index contributed by atoms with van der Waals surface area (Å²) < 4.78 is 27.4. The number of rotatable bonds is 8. The van der Waals surface area contributed by atoms with Crippen molar-refractivity contribution in [2.24, 2.45) is 11.8 Å². The summed E-state index contributed by atoms with van der Waals surface area (Å²) in [5.74, 6) is 0.0494. The monoisotopic (exact) mass is 450 g/mol. The molecule has 30 heavy (non-hydrogen) atoms. The summed E-state index contributed by atoms with van der Waals surface area (Å²) in [6, 6.07) is 15.3. The van der Waals surface area contributed by atoms with Crippen LogP contribution in [0.3, 0.4) is 0 Å². The van der Waals surface area contributed by atoms with Crippen molar-refractivity contribution in [1.29, 1.82) is 0 Å². The zero-order valence-corrected chi connectivity index (χ0v) is 18.2. The Morgan fingerprint density at radius 3 is 2.30 bits per heavy atom. The summed E-state index contributed by atoms with van der Waals surface area (Å²) >= 11 is 5.81. The molecule has 0 heterocycles. The first kappa shape index (κ1) is 22.7. The van der Waals surface area contributed by atoms with Gasteiger partial charge in [0, 0.05) is 24.0 Å². The van der Waals surface area contributed by atoms with E-state index in [1.54, 1.807) is 12.1 Å². The van der Waals surface area contributed by atoms with E-state index in [0.717, 1.165) is 18.4 Å². The number of hydrogen-bond donors (Lipinski definition) is 3. The van der Waals surface area contributed by atoms with Gasteiger partial charge in [0.25, 0.3) is 0 Å². The van der Waals surface area contributed by atoms with Gasteiger partial charge in [-0.1, -0.05) is 41.9 Å². The van der Waals surface area contributed by atoms with Gasteiger partial charge in [-0.2, -0.15) is 0 Å². The first-order chi connectivity index (χ1) is 14.3. The van der Waals surface area contributed by atoms with Crippen LogP contribution in [0.5, 0.6) is 0 Å². The van der Waals surface area contributed by atoms with Crippen LogP contribution >= 0.6 is 11.6 Å². The predicted octanol–water partition coefficient (Wildman–Crippen LogP) is 3.27. The Hall–Kier alpha value is -1.93. The molecule has 0 aromatic heterocycles. The molecule has 0 radical (unpaired) electrons. The van der Waals surface area contributed by atoms with Crippen molar-refractivity contribution in [3.8, 4) is 0 Å². The van der Waals surface area contributed by atoms with E-state index in [1.165, 1.54) is 12.1 Å². The predicted molar refractivity (Wildman–Crippen MR) is 117 cm³/mol. The van der Waals surface area contributed by atoms with E-state index in [0.29, 0.717) is 24.4 Å². The number of aliphatic hydroxyl groups excluding tert-OH is 1. The molecule has 6 nitrogen and oxygen atoms in total. The van der Waals surface area contributed by atoms with Gasteiger partial charge in [-0.15, -0.1) is 0 Å². The summed E-state index contributed by atoms with van der Waals surface area (Å²) in [5.41, 5.74) is 0.773. The molecular formula is C22H27ClN2O4S. The average molecular weight is 451 g/mol. The van der Waals surface area contributed by atoms with E-state index >= 15 is 0 Å². The molecule has 162 valence electrons. The Kier molecular flexibility index (Phi) is 7.88. The molecule has 0 unspecified atom stereocenters. The number of sulfonamides is 1. The maximum Gasteiger partial charge on any atom is 0.240 e. The quantitative estimate of drug-likeness (QED) is 0.575. The number of amides is 1. The molecule has 0 bridgehead atoms. The molecule has 0 saturated heterocycles. The maximum absolute atomic E-state index is 12.4. The third-order valence-electron chi connectivity index (χ3n) is 5.56. The summed E-state index contributed by atoms with van der Waals surface area (Å²) in [6.45, 7) is 0.537. The maximum atomic E-state index is 12.4. The first-order valence-corrected chi connectivity index (χ1v) is 12.0. The summed E-state index contributed by atoms with van der Waals surface area (Å²) in [6.07, 6.45) is 2.25. The Morgan fingerprint density at radius 1 is 1.03 bits per heavy atom. The van der Waals surface area contributed by atoms with Crippen LogP contribution in [0.4, 0.5) is 0 Å². The average Bonchev–Trinajstić information content (AvgIpc) is 2.77. The highest BCUT2D eigenvalue weighted by atomic mass is 35.5. The Bertz CT molecular complexity index is 927. The van der Waals surface area contributed by atoms with Crippen LogP contribution in [0, 0.1) is 11.8 Å². The van der Waals surface area contributed by atoms with Gasteiger partial charge in [-0.25, -0.2) is 13.1 Å². The molecule has 1 amide bonds. The molecule has 3 N–H and O–H groups in total. The van der Waals surface area contributed by atoms with Crippen molar-refractivity contribution in [1.82, 2.24) is 10.0 Å². The van der Waals surface area contributed by atoms with Gasteiger partial charge < -0.3 is 10.4 Å². The Labute approximate surface area is 182 Å². The number of aliphatic hydroxyl groups is 1. The fourth-order valence-corrected chi connectivity index (χ4v) is 4.93. The molecule has 2 aromatic rings. The largest absolute Gasteiger partial charge is 0.387 e. The van der Waals surface area contributed by atoms with Crippen molar-refractivity contribution in [2.75, 3.05) is 13.1 Å². The molecule has 8 heteroatoms. The van der Waals surface area contributed by atoms with E-state index < -0.39 is 16.1 Å². The zero-order valence-electron chi connectivity index (χ0n) is 16.6. The van der Waals surface area contributed by atoms with Crippen molar-refractivity contribution in [2.45, 2.75) is 36.7 Å². The van der Waals surface area contributed by atoms with Gasteiger partial charge in [0.1, 0.15) is 0 Å². The van der Waals surface area contributed by atoms with Crippen LogP contribution < -0.4 is 10.0 Å². The van der Waals surface area contributed by atoms with Gasteiger partial charge in [0.2, 0.25) is 15.9 Å². The SMILES string of the molecule is O=C(NC[C@H](O)c1ccccc1)C1CCC(CNS(=O)(=O)c2ccc(Cl)cc2)CC1. The number of halogens is 1. The molecule has 1 atom stereocenters. The van der Waals surface area contributed by atoms with Crippen LogP contribution in [0.25, 0.3) is 0 Å². The van der Waals surface area contributed by atoms with Crippen LogP contribution in [0.2, 0.25) is 5.02 Å². The van der Waals surface area contributed by atoms with Gasteiger partial charge in [0.15, 0.2) is 0 Å². The smallest absolute Gasteiger partial charge is 0.240 e. The minimum absolute atomic E-state index is 0.0508. The molecule has 1 fully saturated rings. The fourth-order valence-electron chi connectivity index (χ4n) is 3.69. The molecular weight excluding hydrogens is 424 g/mol.